The molecule has 0 spiro atoms. The van der Waals surface area contributed by atoms with Crippen molar-refractivity contribution >= 4 is 70.8 Å². The lowest BCUT2D eigenvalue weighted by atomic mass is 10.0. The fraction of sp³-hybridized carbons (Fsp3) is 0.393. The maximum absolute atomic E-state index is 13.5. The number of nitrogens with one attached hydrogen (secondary N) is 1. The molecule has 0 aromatic heterocycles. The van der Waals surface area contributed by atoms with E-state index in [2.05, 4.69) is 80.0 Å². The summed E-state index contributed by atoms with van der Waals surface area (Å²) in [5, 5.41) is 34.5. The van der Waals surface area contributed by atoms with Crippen molar-refractivity contribution in [3.05, 3.63) is 57.6 Å². The Hall–Kier alpha value is -1.97. The van der Waals surface area contributed by atoms with Gasteiger partial charge >= 0.3 is 0 Å². The lowest BCUT2D eigenvalue weighted by Crippen LogP contribution is -2.30. The van der Waals surface area contributed by atoms with Crippen LogP contribution in [0.15, 0.2) is 52.0 Å². The van der Waals surface area contributed by atoms with E-state index in [1.54, 1.807) is 12.1 Å². The van der Waals surface area contributed by atoms with E-state index in [1.165, 1.54) is 22.6 Å². The zero-order chi connectivity index (χ0) is 27.5. The number of benzene rings is 2. The molecule has 0 saturated carbocycles. The van der Waals surface area contributed by atoms with Crippen LogP contribution in [0.25, 0.3) is 0 Å². The third-order valence-corrected chi connectivity index (χ3v) is 10.0. The second-order valence-electron chi connectivity index (χ2n) is 9.90. The number of para-hydroxylation sites is 1. The minimum Gasteiger partial charge on any atom is -0.507 e. The van der Waals surface area contributed by atoms with Gasteiger partial charge < -0.3 is 25.5 Å². The Morgan fingerprint density at radius 3 is 2.43 bits per heavy atom. The molecule has 6 nitrogen and oxygen atoms in total. The van der Waals surface area contributed by atoms with Crippen molar-refractivity contribution in [3.63, 3.8) is 0 Å². The molecule has 1 unspecified atom stereocenters. The van der Waals surface area contributed by atoms with E-state index in [-0.39, 0.29) is 55.4 Å². The number of hydrogen-bond donors (Lipinski definition) is 4. The Bertz CT molecular complexity index is 1230. The zero-order valence-corrected chi connectivity index (χ0v) is 26.2. The molecule has 0 radical (unpaired) electrons. The highest BCUT2D eigenvalue weighted by Crippen LogP contribution is 2.50. The van der Waals surface area contributed by atoms with E-state index in [9.17, 15) is 20.1 Å². The third-order valence-electron chi connectivity index (χ3n) is 6.45. The Labute approximate surface area is 243 Å². The largest absolute Gasteiger partial charge is 0.507 e. The first-order valence-electron chi connectivity index (χ1n) is 12.1. The summed E-state index contributed by atoms with van der Waals surface area (Å²) in [5.41, 5.74) is 3.49. The van der Waals surface area contributed by atoms with Crippen LogP contribution in [0.2, 0.25) is 0 Å². The van der Waals surface area contributed by atoms with Crippen molar-refractivity contribution in [2.24, 2.45) is 0 Å². The van der Waals surface area contributed by atoms with Crippen LogP contribution in [-0.4, -0.2) is 36.9 Å². The quantitative estimate of drug-likeness (QED) is 0.0910. The number of alkyl halides is 2. The number of phenolic OH excluding ortho intramolecular Hbond substituents is 3. The number of anilines is 3. The summed E-state index contributed by atoms with van der Waals surface area (Å²) in [4.78, 5) is 15.4. The highest BCUT2D eigenvalue weighted by molar-refractivity contribution is 9.12. The van der Waals surface area contributed by atoms with Crippen LogP contribution in [0.4, 0.5) is 17.1 Å². The van der Waals surface area contributed by atoms with Gasteiger partial charge in [0.25, 0.3) is 5.91 Å². The first-order chi connectivity index (χ1) is 17.3. The second-order valence-corrected chi connectivity index (χ2v) is 13.8. The number of phenols is 3. The van der Waals surface area contributed by atoms with Crippen molar-refractivity contribution < 1.29 is 20.1 Å². The number of rotatable bonds is 9. The molecule has 0 aliphatic carbocycles. The number of allylic oxidation sites excluding steroid dienone is 3. The molecule has 1 aliphatic heterocycles. The van der Waals surface area contributed by atoms with Crippen molar-refractivity contribution in [2.75, 3.05) is 16.8 Å². The summed E-state index contributed by atoms with van der Waals surface area (Å²) in [6, 6.07) is 6.11. The van der Waals surface area contributed by atoms with E-state index >= 15 is 0 Å². The summed E-state index contributed by atoms with van der Waals surface area (Å²) in [5.74, 6) is -0.903. The Morgan fingerprint density at radius 2 is 1.76 bits per heavy atom. The van der Waals surface area contributed by atoms with Crippen molar-refractivity contribution in [1.82, 2.24) is 0 Å². The average Bonchev–Trinajstić information content (AvgIpc) is 2.94. The molecule has 1 atom stereocenters. The molecule has 2 aromatic carbocycles. The van der Waals surface area contributed by atoms with Gasteiger partial charge in [-0.3, -0.25) is 4.79 Å². The van der Waals surface area contributed by atoms with E-state index in [0.717, 1.165) is 31.3 Å². The number of aromatic hydroxyl groups is 3. The molecule has 200 valence electrons. The number of fused-ring (bicyclic) bond motifs is 2. The average molecular weight is 701 g/mol. The SMILES string of the molecule is CC(=CCN1C(=O)c2cccc(O)c2Nc2c1cc(O)c(Br)c2O)CCC=C(C)CCC(Br)C(C)(C)Br. The normalized spacial score (nSPS) is 15.1. The highest BCUT2D eigenvalue weighted by atomic mass is 79.9. The van der Waals surface area contributed by atoms with Gasteiger partial charge in [-0.25, -0.2) is 0 Å². The molecule has 0 fully saturated rings. The number of halogens is 3. The van der Waals surface area contributed by atoms with Crippen molar-refractivity contribution in [3.8, 4) is 17.2 Å². The summed E-state index contributed by atoms with van der Waals surface area (Å²) in [6.07, 6.45) is 8.07. The molecule has 9 heteroatoms. The monoisotopic (exact) mass is 698 g/mol. The molecule has 4 N–H and O–H groups in total. The predicted molar refractivity (Wildman–Crippen MR) is 162 cm³/mol. The summed E-state index contributed by atoms with van der Waals surface area (Å²) in [6.45, 7) is 8.74. The van der Waals surface area contributed by atoms with E-state index in [1.807, 2.05) is 13.0 Å². The Balaban J connectivity index is 1.78. The van der Waals surface area contributed by atoms with Crippen LogP contribution in [0.5, 0.6) is 17.2 Å². The van der Waals surface area contributed by atoms with Gasteiger partial charge in [-0.1, -0.05) is 61.2 Å². The summed E-state index contributed by atoms with van der Waals surface area (Å²) in [7, 11) is 0. The van der Waals surface area contributed by atoms with Crippen molar-refractivity contribution in [1.29, 1.82) is 0 Å². The van der Waals surface area contributed by atoms with Gasteiger partial charge in [-0.15, -0.1) is 0 Å². The Morgan fingerprint density at radius 1 is 1.08 bits per heavy atom. The van der Waals surface area contributed by atoms with Gasteiger partial charge in [-0.2, -0.15) is 0 Å². The standard InChI is InChI=1S/C28H33Br3N2O4/c1-16(11-12-22(29)28(3,4)31)7-5-8-17(2)13-14-33-19-15-21(35)23(30)26(36)25(19)32-24-18(27(33)37)9-6-10-20(24)34/h6-7,9-10,13,15,22,32,34-36H,5,8,11-12,14H2,1-4H3. The van der Waals surface area contributed by atoms with E-state index in [4.69, 9.17) is 0 Å². The molecule has 0 bridgehead atoms. The highest BCUT2D eigenvalue weighted by Gasteiger charge is 2.31. The maximum Gasteiger partial charge on any atom is 0.260 e. The molecule has 37 heavy (non-hydrogen) atoms. The third kappa shape index (κ3) is 7.12. The molecule has 2 aromatic rings. The fourth-order valence-corrected chi connectivity index (χ4v) is 4.83. The molecule has 0 saturated heterocycles. The lowest BCUT2D eigenvalue weighted by molar-refractivity contribution is 0.0991. The minimum absolute atomic E-state index is 0.0500. The van der Waals surface area contributed by atoms with Gasteiger partial charge in [0.05, 0.1) is 16.9 Å². The van der Waals surface area contributed by atoms with Crippen LogP contribution in [0.3, 0.4) is 0 Å². The lowest BCUT2D eigenvalue weighted by Gasteiger charge is -2.23. The summed E-state index contributed by atoms with van der Waals surface area (Å²) < 4.78 is 0.152. The number of carbonyl (C=O) groups is 1. The number of hydrogen-bond acceptors (Lipinski definition) is 5. The van der Waals surface area contributed by atoms with Gasteiger partial charge in [0.2, 0.25) is 0 Å². The molecular weight excluding hydrogens is 668 g/mol. The molecule has 1 aliphatic rings. The first kappa shape index (κ1) is 29.6. The van der Waals surface area contributed by atoms with E-state index in [0.29, 0.717) is 10.5 Å². The van der Waals surface area contributed by atoms with Gasteiger partial charge in [0.1, 0.15) is 21.7 Å². The van der Waals surface area contributed by atoms with Crippen LogP contribution in [0.1, 0.15) is 63.7 Å². The minimum atomic E-state index is -0.350. The fourth-order valence-electron chi connectivity index (χ4n) is 4.06. The van der Waals surface area contributed by atoms with Crippen LogP contribution in [0, 0.1) is 0 Å². The van der Waals surface area contributed by atoms with Crippen LogP contribution >= 0.6 is 47.8 Å². The van der Waals surface area contributed by atoms with Gasteiger partial charge in [-0.05, 0) is 81.4 Å². The van der Waals surface area contributed by atoms with Gasteiger partial charge in [0, 0.05) is 21.8 Å². The zero-order valence-electron chi connectivity index (χ0n) is 21.4. The molecular formula is C28H33Br3N2O4. The number of amides is 1. The van der Waals surface area contributed by atoms with Crippen molar-refractivity contribution in [2.45, 2.75) is 62.5 Å². The number of nitrogens with zero attached hydrogens (tertiary/aromatic N) is 1. The molecule has 1 heterocycles. The van der Waals surface area contributed by atoms with Crippen LogP contribution in [-0.2, 0) is 0 Å². The molecule has 3 rings (SSSR count). The van der Waals surface area contributed by atoms with Gasteiger partial charge in [0.15, 0.2) is 5.75 Å². The van der Waals surface area contributed by atoms with Crippen LogP contribution < -0.4 is 10.2 Å². The first-order valence-corrected chi connectivity index (χ1v) is 14.6. The molecule has 1 amide bonds. The summed E-state index contributed by atoms with van der Waals surface area (Å²) >= 11 is 10.6. The van der Waals surface area contributed by atoms with E-state index < -0.39 is 0 Å². The Kier molecular flexibility index (Phi) is 9.80. The smallest absolute Gasteiger partial charge is 0.260 e. The topological polar surface area (TPSA) is 93.0 Å². The number of carbonyl (C=O) groups excluding carboxylic acids is 1. The second kappa shape index (κ2) is 12.3. The predicted octanol–water partition coefficient (Wildman–Crippen LogP) is 8.66. The maximum atomic E-state index is 13.5.